The third-order valence-electron chi connectivity index (χ3n) is 4.94. The SMILES string of the molecule is CC(C)c1cc(C(C)C)c(-c2nnc(N(N)C(N)=O)nc2N(N)C(N)=O)c(C(C)C)c1. The van der Waals surface area contributed by atoms with Crippen molar-refractivity contribution < 1.29 is 9.59 Å². The number of nitrogens with zero attached hydrogens (tertiary/aromatic N) is 5. The Kier molecular flexibility index (Phi) is 7.13. The van der Waals surface area contributed by atoms with Crippen LogP contribution >= 0.6 is 0 Å². The third kappa shape index (κ3) is 4.89. The number of carbonyl (C=O) groups is 2. The van der Waals surface area contributed by atoms with Gasteiger partial charge in [0.2, 0.25) is 0 Å². The lowest BCUT2D eigenvalue weighted by molar-refractivity contribution is 0.253. The minimum atomic E-state index is -1.00. The van der Waals surface area contributed by atoms with Crippen molar-refractivity contribution in [2.24, 2.45) is 23.2 Å². The van der Waals surface area contributed by atoms with E-state index >= 15 is 0 Å². The van der Waals surface area contributed by atoms with E-state index in [0.717, 1.165) is 16.7 Å². The molecule has 0 spiro atoms. The van der Waals surface area contributed by atoms with Crippen molar-refractivity contribution in [1.29, 1.82) is 0 Å². The van der Waals surface area contributed by atoms with Gasteiger partial charge in [-0.15, -0.1) is 10.2 Å². The third-order valence-corrected chi connectivity index (χ3v) is 4.94. The average molecular weight is 430 g/mol. The van der Waals surface area contributed by atoms with Gasteiger partial charge in [-0.3, -0.25) is 0 Å². The van der Waals surface area contributed by atoms with Gasteiger partial charge in [-0.25, -0.2) is 26.3 Å². The standard InChI is InChI=1S/C20H31N9O2/c1-9(2)12-7-13(10(3)4)15(14(8-12)11(5)6)16-17(28(23)18(21)30)25-20(27-26-16)29(24)19(22)31/h7-11H,23-24H2,1-6H3,(H2,21,30)(H2,22,31). The zero-order chi connectivity index (χ0) is 23.6. The van der Waals surface area contributed by atoms with Gasteiger partial charge >= 0.3 is 12.1 Å². The molecule has 0 saturated carbocycles. The molecule has 0 saturated heterocycles. The molecule has 0 aliphatic carbocycles. The van der Waals surface area contributed by atoms with Crippen molar-refractivity contribution in [2.75, 3.05) is 10.0 Å². The summed E-state index contributed by atoms with van der Waals surface area (Å²) in [5.74, 6) is 11.7. The maximum absolute atomic E-state index is 11.9. The first-order chi connectivity index (χ1) is 14.4. The number of hydrogen-bond donors (Lipinski definition) is 4. The molecule has 0 radical (unpaired) electrons. The van der Waals surface area contributed by atoms with Crippen LogP contribution in [-0.2, 0) is 0 Å². The normalized spacial score (nSPS) is 11.3. The van der Waals surface area contributed by atoms with Crippen LogP contribution in [0.5, 0.6) is 0 Å². The van der Waals surface area contributed by atoms with Crippen LogP contribution in [-0.4, -0.2) is 27.2 Å². The number of hydrogen-bond acceptors (Lipinski definition) is 7. The maximum atomic E-state index is 11.9. The Morgan fingerprint density at radius 1 is 0.806 bits per heavy atom. The van der Waals surface area contributed by atoms with Gasteiger partial charge in [-0.2, -0.15) is 9.99 Å². The quantitative estimate of drug-likeness (QED) is 0.308. The number of benzene rings is 1. The van der Waals surface area contributed by atoms with Gasteiger partial charge < -0.3 is 11.5 Å². The van der Waals surface area contributed by atoms with E-state index in [2.05, 4.69) is 68.9 Å². The number of urea groups is 2. The molecule has 1 aromatic heterocycles. The Labute approximate surface area is 181 Å². The van der Waals surface area contributed by atoms with Crippen LogP contribution in [0.15, 0.2) is 12.1 Å². The van der Waals surface area contributed by atoms with Gasteiger partial charge in [0.15, 0.2) is 5.82 Å². The van der Waals surface area contributed by atoms with Gasteiger partial charge in [0.25, 0.3) is 5.95 Å². The molecule has 0 atom stereocenters. The van der Waals surface area contributed by atoms with Crippen molar-refractivity contribution >= 4 is 23.8 Å². The van der Waals surface area contributed by atoms with E-state index in [-0.39, 0.29) is 29.3 Å². The first kappa shape index (κ1) is 24.0. The highest BCUT2D eigenvalue weighted by Gasteiger charge is 2.27. The summed E-state index contributed by atoms with van der Waals surface area (Å²) < 4.78 is 0. The fourth-order valence-electron chi connectivity index (χ4n) is 3.17. The monoisotopic (exact) mass is 429 g/mol. The molecule has 0 fully saturated rings. The lowest BCUT2D eigenvalue weighted by atomic mass is 9.83. The molecular weight excluding hydrogens is 398 g/mol. The summed E-state index contributed by atoms with van der Waals surface area (Å²) in [7, 11) is 0. The van der Waals surface area contributed by atoms with Gasteiger partial charge in [0.1, 0.15) is 5.69 Å². The lowest BCUT2D eigenvalue weighted by Gasteiger charge is -2.25. The van der Waals surface area contributed by atoms with Crippen molar-refractivity contribution in [1.82, 2.24) is 15.2 Å². The van der Waals surface area contributed by atoms with Crippen LogP contribution in [0, 0.1) is 0 Å². The molecule has 4 amide bonds. The second-order valence-electron chi connectivity index (χ2n) is 8.24. The molecule has 2 rings (SSSR count). The summed E-state index contributed by atoms with van der Waals surface area (Å²) in [4.78, 5) is 27.5. The molecule has 0 unspecified atom stereocenters. The first-order valence-electron chi connectivity index (χ1n) is 9.98. The lowest BCUT2D eigenvalue weighted by Crippen LogP contribution is -2.45. The molecule has 8 N–H and O–H groups in total. The summed E-state index contributed by atoms with van der Waals surface area (Å²) in [5.41, 5.74) is 14.8. The summed E-state index contributed by atoms with van der Waals surface area (Å²) in [6, 6.07) is 2.25. The molecular formula is C20H31N9O2. The van der Waals surface area contributed by atoms with Gasteiger partial charge in [0.05, 0.1) is 0 Å². The van der Waals surface area contributed by atoms with E-state index in [1.54, 1.807) is 0 Å². The highest BCUT2D eigenvalue weighted by atomic mass is 16.2. The topological polar surface area (TPSA) is 183 Å². The van der Waals surface area contributed by atoms with E-state index in [0.29, 0.717) is 15.9 Å². The largest absolute Gasteiger partial charge is 0.350 e. The van der Waals surface area contributed by atoms with Gasteiger partial charge in [-0.05, 0) is 34.4 Å². The van der Waals surface area contributed by atoms with Gasteiger partial charge in [0, 0.05) is 5.56 Å². The van der Waals surface area contributed by atoms with Crippen LogP contribution in [0.3, 0.4) is 0 Å². The van der Waals surface area contributed by atoms with Crippen molar-refractivity contribution in [3.05, 3.63) is 28.8 Å². The number of aromatic nitrogens is 3. The Morgan fingerprint density at radius 3 is 1.68 bits per heavy atom. The van der Waals surface area contributed by atoms with Crippen molar-refractivity contribution in [3.8, 4) is 11.3 Å². The predicted molar refractivity (Wildman–Crippen MR) is 120 cm³/mol. The van der Waals surface area contributed by atoms with E-state index in [4.69, 9.17) is 23.2 Å². The van der Waals surface area contributed by atoms with Crippen molar-refractivity contribution in [3.63, 3.8) is 0 Å². The number of primary amides is 2. The zero-order valence-corrected chi connectivity index (χ0v) is 18.7. The Hall–Kier alpha value is -3.31. The minimum Gasteiger partial charge on any atom is -0.350 e. The number of nitrogens with two attached hydrogens (primary N) is 4. The van der Waals surface area contributed by atoms with Crippen LogP contribution in [0.4, 0.5) is 21.4 Å². The maximum Gasteiger partial charge on any atom is 0.336 e. The van der Waals surface area contributed by atoms with Crippen LogP contribution < -0.4 is 33.2 Å². The smallest absolute Gasteiger partial charge is 0.336 e. The second kappa shape index (κ2) is 9.23. The highest BCUT2D eigenvalue weighted by molar-refractivity contribution is 5.94. The second-order valence-corrected chi connectivity index (χ2v) is 8.24. The van der Waals surface area contributed by atoms with Gasteiger partial charge in [-0.1, -0.05) is 53.7 Å². The Bertz CT molecular complexity index is 960. The zero-order valence-electron chi connectivity index (χ0n) is 18.7. The molecule has 1 heterocycles. The number of rotatable bonds is 6. The van der Waals surface area contributed by atoms with Crippen molar-refractivity contribution in [2.45, 2.75) is 59.3 Å². The van der Waals surface area contributed by atoms with E-state index in [1.807, 2.05) is 0 Å². The molecule has 31 heavy (non-hydrogen) atoms. The first-order valence-corrected chi connectivity index (χ1v) is 9.98. The predicted octanol–water partition coefficient (Wildman–Crippen LogP) is 2.43. The summed E-state index contributed by atoms with van der Waals surface area (Å²) >= 11 is 0. The van der Waals surface area contributed by atoms with E-state index in [9.17, 15) is 9.59 Å². The molecule has 2 aromatic rings. The Balaban J connectivity index is 2.94. The number of hydrazine groups is 2. The van der Waals surface area contributed by atoms with Crippen LogP contribution in [0.2, 0.25) is 0 Å². The van der Waals surface area contributed by atoms with E-state index in [1.165, 1.54) is 5.56 Å². The van der Waals surface area contributed by atoms with Crippen LogP contribution in [0.1, 0.15) is 76.0 Å². The number of anilines is 2. The summed E-state index contributed by atoms with van der Waals surface area (Å²) in [5, 5.41) is 9.34. The molecule has 1 aromatic carbocycles. The number of carbonyl (C=O) groups excluding carboxylic acids is 2. The molecule has 168 valence electrons. The average Bonchev–Trinajstić information content (AvgIpc) is 2.70. The fraction of sp³-hybridized carbons (Fsp3) is 0.450. The summed E-state index contributed by atoms with van der Waals surface area (Å²) in [6.45, 7) is 12.5. The van der Waals surface area contributed by atoms with E-state index < -0.39 is 12.1 Å². The van der Waals surface area contributed by atoms with Crippen LogP contribution in [0.25, 0.3) is 11.3 Å². The molecule has 11 heteroatoms. The molecule has 0 aliphatic heterocycles. The highest BCUT2D eigenvalue weighted by Crippen LogP contribution is 2.40. The molecule has 0 aliphatic rings. The minimum absolute atomic E-state index is 0.0877. The molecule has 0 bridgehead atoms. The Morgan fingerprint density at radius 2 is 1.29 bits per heavy atom. The number of amides is 4. The fourth-order valence-corrected chi connectivity index (χ4v) is 3.17. The summed E-state index contributed by atoms with van der Waals surface area (Å²) in [6.07, 6.45) is 0. The molecule has 11 nitrogen and oxygen atoms in total.